The molecule has 1 heterocycles. The molecule has 1 atom stereocenters. The number of hydrogen-bond donors (Lipinski definition) is 2. The number of hydrogen-bond acceptors (Lipinski definition) is 3. The third-order valence-electron chi connectivity index (χ3n) is 6.42. The number of nitrogens with one attached hydrogen (secondary N) is 2. The van der Waals surface area contributed by atoms with Crippen molar-refractivity contribution in [2.45, 2.75) is 52.4 Å². The molecule has 0 radical (unpaired) electrons. The minimum absolute atomic E-state index is 0.0398. The number of likely N-dealkylation sites (tertiary alicyclic amines) is 1. The highest BCUT2D eigenvalue weighted by Gasteiger charge is 2.28. The van der Waals surface area contributed by atoms with Gasteiger partial charge in [-0.1, -0.05) is 32.4 Å². The van der Waals surface area contributed by atoms with Gasteiger partial charge in [-0.05, 0) is 50.2 Å². The van der Waals surface area contributed by atoms with Gasteiger partial charge in [0.15, 0.2) is 0 Å². The summed E-state index contributed by atoms with van der Waals surface area (Å²) in [5.74, 6) is 0.641. The molecule has 2 N–H and O–H groups in total. The van der Waals surface area contributed by atoms with Crippen LogP contribution < -0.4 is 10.6 Å². The Hall–Kier alpha value is -2.37. The SMILES string of the molecule is CCC(C)C(=O)Nc1ccccc1C(=O)N1CCC(CNC(=O)C2CCC2)CC1. The maximum atomic E-state index is 13.1. The molecule has 3 amide bonds. The number of carbonyl (C=O) groups is 3. The van der Waals surface area contributed by atoms with Gasteiger partial charge in [-0.3, -0.25) is 14.4 Å². The Morgan fingerprint density at radius 2 is 1.79 bits per heavy atom. The molecule has 2 aliphatic rings. The predicted molar refractivity (Wildman–Crippen MR) is 114 cm³/mol. The molecule has 2 fully saturated rings. The average Bonchev–Trinajstić information content (AvgIpc) is 2.70. The van der Waals surface area contributed by atoms with Crippen molar-refractivity contribution in [3.63, 3.8) is 0 Å². The summed E-state index contributed by atoms with van der Waals surface area (Å²) < 4.78 is 0. The van der Waals surface area contributed by atoms with Crippen molar-refractivity contribution < 1.29 is 14.4 Å². The first kappa shape index (κ1) is 21.3. The minimum Gasteiger partial charge on any atom is -0.356 e. The zero-order valence-corrected chi connectivity index (χ0v) is 17.6. The molecule has 1 unspecified atom stereocenters. The van der Waals surface area contributed by atoms with Crippen molar-refractivity contribution in [2.24, 2.45) is 17.8 Å². The van der Waals surface area contributed by atoms with Crippen molar-refractivity contribution >= 4 is 23.4 Å². The van der Waals surface area contributed by atoms with Crippen molar-refractivity contribution in [3.8, 4) is 0 Å². The maximum absolute atomic E-state index is 13.1. The molecular weight excluding hydrogens is 366 g/mol. The van der Waals surface area contributed by atoms with Crippen LogP contribution in [0.15, 0.2) is 24.3 Å². The number of nitrogens with zero attached hydrogens (tertiary/aromatic N) is 1. The van der Waals surface area contributed by atoms with E-state index in [-0.39, 0.29) is 29.6 Å². The van der Waals surface area contributed by atoms with Gasteiger partial charge in [0.2, 0.25) is 11.8 Å². The van der Waals surface area contributed by atoms with Gasteiger partial charge >= 0.3 is 0 Å². The Morgan fingerprint density at radius 1 is 1.10 bits per heavy atom. The molecule has 1 aliphatic carbocycles. The van der Waals surface area contributed by atoms with Gasteiger partial charge in [0.25, 0.3) is 5.91 Å². The lowest BCUT2D eigenvalue weighted by Gasteiger charge is -2.33. The second-order valence-corrected chi connectivity index (χ2v) is 8.45. The van der Waals surface area contributed by atoms with Crippen molar-refractivity contribution in [2.75, 3.05) is 25.0 Å². The van der Waals surface area contributed by atoms with E-state index in [4.69, 9.17) is 0 Å². The summed E-state index contributed by atoms with van der Waals surface area (Å²) in [6, 6.07) is 7.23. The maximum Gasteiger partial charge on any atom is 0.255 e. The fourth-order valence-electron chi connectivity index (χ4n) is 3.79. The zero-order valence-electron chi connectivity index (χ0n) is 17.6. The smallest absolute Gasteiger partial charge is 0.255 e. The predicted octanol–water partition coefficient (Wildman–Crippen LogP) is 3.44. The van der Waals surface area contributed by atoms with Gasteiger partial charge in [0, 0.05) is 31.5 Å². The summed E-state index contributed by atoms with van der Waals surface area (Å²) in [6.45, 7) is 5.92. The Kier molecular flexibility index (Phi) is 7.29. The van der Waals surface area contributed by atoms with Crippen LogP contribution in [0.25, 0.3) is 0 Å². The summed E-state index contributed by atoms with van der Waals surface area (Å²) in [5.41, 5.74) is 1.12. The van der Waals surface area contributed by atoms with Crippen LogP contribution in [-0.2, 0) is 9.59 Å². The Morgan fingerprint density at radius 3 is 2.41 bits per heavy atom. The molecule has 6 heteroatoms. The summed E-state index contributed by atoms with van der Waals surface area (Å²) in [6.07, 6.45) is 5.73. The minimum atomic E-state index is -0.0935. The lowest BCUT2D eigenvalue weighted by atomic mass is 9.84. The number of amides is 3. The fraction of sp³-hybridized carbons (Fsp3) is 0.609. The van der Waals surface area contributed by atoms with Gasteiger partial charge in [-0.15, -0.1) is 0 Å². The second-order valence-electron chi connectivity index (χ2n) is 8.45. The van der Waals surface area contributed by atoms with E-state index in [1.165, 1.54) is 0 Å². The molecule has 6 nitrogen and oxygen atoms in total. The van der Waals surface area contributed by atoms with Crippen LogP contribution in [0.4, 0.5) is 5.69 Å². The summed E-state index contributed by atoms with van der Waals surface area (Å²) in [4.78, 5) is 39.2. The molecule has 29 heavy (non-hydrogen) atoms. The van der Waals surface area contributed by atoms with Crippen LogP contribution in [0.5, 0.6) is 0 Å². The highest BCUT2D eigenvalue weighted by atomic mass is 16.2. The van der Waals surface area contributed by atoms with Crippen LogP contribution in [0.1, 0.15) is 62.7 Å². The first-order valence-electron chi connectivity index (χ1n) is 11.0. The molecule has 1 aromatic rings. The molecular formula is C23H33N3O3. The summed E-state index contributed by atoms with van der Waals surface area (Å²) in [7, 11) is 0. The second kappa shape index (κ2) is 9.90. The van der Waals surface area contributed by atoms with E-state index in [0.717, 1.165) is 38.5 Å². The molecule has 0 spiro atoms. The molecule has 0 aromatic heterocycles. The topological polar surface area (TPSA) is 78.5 Å². The lowest BCUT2D eigenvalue weighted by molar-refractivity contribution is -0.127. The van der Waals surface area contributed by atoms with Crippen molar-refractivity contribution in [1.29, 1.82) is 0 Å². The molecule has 1 saturated heterocycles. The van der Waals surface area contributed by atoms with Crippen LogP contribution in [0.3, 0.4) is 0 Å². The number of anilines is 1. The standard InChI is InChI=1S/C23H33N3O3/c1-3-16(2)21(27)25-20-10-5-4-9-19(20)23(29)26-13-11-17(12-14-26)15-24-22(28)18-7-6-8-18/h4-5,9-10,16-18H,3,6-8,11-15H2,1-2H3,(H,24,28)(H,25,27). The highest BCUT2D eigenvalue weighted by Crippen LogP contribution is 2.27. The molecule has 1 aromatic carbocycles. The van der Waals surface area contributed by atoms with E-state index in [2.05, 4.69) is 10.6 Å². The number of piperidine rings is 1. The summed E-state index contributed by atoms with van der Waals surface area (Å²) >= 11 is 0. The van der Waals surface area contributed by atoms with E-state index in [1.807, 2.05) is 30.9 Å². The average molecular weight is 400 g/mol. The number of para-hydroxylation sites is 1. The van der Waals surface area contributed by atoms with E-state index < -0.39 is 0 Å². The van der Waals surface area contributed by atoms with Crippen molar-refractivity contribution in [3.05, 3.63) is 29.8 Å². The third kappa shape index (κ3) is 5.37. The van der Waals surface area contributed by atoms with Crippen LogP contribution >= 0.6 is 0 Å². The van der Waals surface area contributed by atoms with E-state index in [1.54, 1.807) is 12.1 Å². The van der Waals surface area contributed by atoms with Gasteiger partial charge in [-0.25, -0.2) is 0 Å². The normalized spacial score (nSPS) is 18.6. The van der Waals surface area contributed by atoms with Crippen LogP contribution in [-0.4, -0.2) is 42.3 Å². The fourth-order valence-corrected chi connectivity index (χ4v) is 3.79. The number of carbonyl (C=O) groups excluding carboxylic acids is 3. The van der Waals surface area contributed by atoms with Crippen molar-refractivity contribution in [1.82, 2.24) is 10.2 Å². The molecule has 158 valence electrons. The monoisotopic (exact) mass is 399 g/mol. The Labute approximate surface area is 173 Å². The highest BCUT2D eigenvalue weighted by molar-refractivity contribution is 6.04. The van der Waals surface area contributed by atoms with Gasteiger partial charge in [0.1, 0.15) is 0 Å². The molecule has 0 bridgehead atoms. The molecule has 1 aliphatic heterocycles. The van der Waals surface area contributed by atoms with Gasteiger partial charge in [-0.2, -0.15) is 0 Å². The van der Waals surface area contributed by atoms with E-state index >= 15 is 0 Å². The van der Waals surface area contributed by atoms with Gasteiger partial charge < -0.3 is 15.5 Å². The number of benzene rings is 1. The Bertz CT molecular complexity index is 737. The molecule has 3 rings (SSSR count). The zero-order chi connectivity index (χ0) is 20.8. The van der Waals surface area contributed by atoms with E-state index in [0.29, 0.717) is 36.8 Å². The quantitative estimate of drug-likeness (QED) is 0.737. The van der Waals surface area contributed by atoms with Gasteiger partial charge in [0.05, 0.1) is 11.3 Å². The van der Waals surface area contributed by atoms with Crippen LogP contribution in [0, 0.1) is 17.8 Å². The Balaban J connectivity index is 1.52. The van der Waals surface area contributed by atoms with E-state index in [9.17, 15) is 14.4 Å². The number of rotatable bonds is 7. The molecule has 1 saturated carbocycles. The third-order valence-corrected chi connectivity index (χ3v) is 6.42. The summed E-state index contributed by atoms with van der Waals surface area (Å²) in [5, 5.41) is 6.00. The largest absolute Gasteiger partial charge is 0.356 e. The first-order chi connectivity index (χ1) is 14.0. The van der Waals surface area contributed by atoms with Crippen LogP contribution in [0.2, 0.25) is 0 Å². The lowest BCUT2D eigenvalue weighted by Crippen LogP contribution is -2.43. The first-order valence-corrected chi connectivity index (χ1v) is 11.0.